The summed E-state index contributed by atoms with van der Waals surface area (Å²) >= 11 is 0. The van der Waals surface area contributed by atoms with Gasteiger partial charge in [0.15, 0.2) is 0 Å². The highest BCUT2D eigenvalue weighted by molar-refractivity contribution is 7.86. The zero-order valence-corrected chi connectivity index (χ0v) is 9.94. The number of alkyl halides is 7. The van der Waals surface area contributed by atoms with Crippen LogP contribution in [0, 0.1) is 0 Å². The molecule has 0 aliphatic rings. The van der Waals surface area contributed by atoms with Crippen molar-refractivity contribution in [2.24, 2.45) is 0 Å². The summed E-state index contributed by atoms with van der Waals surface area (Å²) in [5.74, 6) is -5.40. The van der Waals surface area contributed by atoms with E-state index in [1.807, 2.05) is 0 Å². The third-order valence-corrected chi connectivity index (χ3v) is 3.17. The lowest BCUT2D eigenvalue weighted by Gasteiger charge is -2.24. The fourth-order valence-electron chi connectivity index (χ4n) is 1.20. The van der Waals surface area contributed by atoms with E-state index < -0.39 is 38.6 Å². The molecule has 0 fully saturated rings. The number of benzene rings is 1. The van der Waals surface area contributed by atoms with E-state index in [4.69, 9.17) is 4.55 Å². The normalized spacial score (nSPS) is 14.4. The molecule has 20 heavy (non-hydrogen) atoms. The third kappa shape index (κ3) is 2.73. The van der Waals surface area contributed by atoms with Crippen LogP contribution in [-0.4, -0.2) is 18.2 Å². The van der Waals surface area contributed by atoms with Crippen LogP contribution in [0.3, 0.4) is 0 Å². The van der Waals surface area contributed by atoms with Crippen LogP contribution in [-0.2, 0) is 22.2 Å². The Balaban J connectivity index is 3.31. The second-order valence-corrected chi connectivity index (χ2v) is 5.10. The molecule has 11 heteroatoms. The zero-order valence-electron chi connectivity index (χ0n) is 9.13. The highest BCUT2D eigenvalue weighted by Crippen LogP contribution is 2.46. The van der Waals surface area contributed by atoms with Crippen LogP contribution < -0.4 is 0 Å². The van der Waals surface area contributed by atoms with Gasteiger partial charge in [0.2, 0.25) is 0 Å². The van der Waals surface area contributed by atoms with Crippen LogP contribution in [0.25, 0.3) is 0 Å². The summed E-state index contributed by atoms with van der Waals surface area (Å²) in [7, 11) is -6.45. The minimum absolute atomic E-state index is 0.00190. The molecule has 0 saturated heterocycles. The molecule has 3 nitrogen and oxygen atoms in total. The van der Waals surface area contributed by atoms with Crippen LogP contribution in [0.15, 0.2) is 24.3 Å². The SMILES string of the molecule is O=S(=O)(O)C(F)(F)C(F)(F)c1ccc(C(F)(F)F)cc1. The smallest absolute Gasteiger partial charge is 0.281 e. The first kappa shape index (κ1) is 16.7. The molecule has 0 aliphatic carbocycles. The minimum Gasteiger partial charge on any atom is -0.281 e. The summed E-state index contributed by atoms with van der Waals surface area (Å²) in [5.41, 5.74) is -3.07. The highest BCUT2D eigenvalue weighted by atomic mass is 32.2. The van der Waals surface area contributed by atoms with Crippen molar-refractivity contribution in [3.05, 3.63) is 35.4 Å². The molecule has 0 aromatic heterocycles. The Kier molecular flexibility index (Phi) is 3.83. The summed E-state index contributed by atoms with van der Waals surface area (Å²) in [6, 6.07) is 0.177. The number of hydrogen-bond acceptors (Lipinski definition) is 2. The van der Waals surface area contributed by atoms with E-state index in [0.29, 0.717) is 0 Å². The molecule has 0 amide bonds. The van der Waals surface area contributed by atoms with Gasteiger partial charge >= 0.3 is 27.5 Å². The molecule has 0 aliphatic heterocycles. The summed E-state index contributed by atoms with van der Waals surface area (Å²) in [6.07, 6.45) is -4.88. The Morgan fingerprint density at radius 2 is 1.15 bits per heavy atom. The molecule has 1 aromatic carbocycles. The van der Waals surface area contributed by atoms with E-state index in [2.05, 4.69) is 0 Å². The van der Waals surface area contributed by atoms with Crippen LogP contribution in [0.1, 0.15) is 11.1 Å². The van der Waals surface area contributed by atoms with Gasteiger partial charge in [0.05, 0.1) is 5.56 Å². The average Bonchev–Trinajstić information content (AvgIpc) is 2.26. The molecule has 0 heterocycles. The molecular formula is C9H5F7O3S. The van der Waals surface area contributed by atoms with Gasteiger partial charge in [-0.05, 0) is 12.1 Å². The third-order valence-electron chi connectivity index (χ3n) is 2.26. The predicted octanol–water partition coefficient (Wildman–Crippen LogP) is 3.28. The lowest BCUT2D eigenvalue weighted by atomic mass is 10.1. The Bertz CT molecular complexity index is 589. The second-order valence-electron chi connectivity index (χ2n) is 3.64. The zero-order chi connectivity index (χ0) is 16.0. The standard InChI is InChI=1S/C9H5F7O3S/c10-7(11,9(15,16)20(17,18)19)5-1-3-6(4-2-5)8(12,13)14/h1-4H,(H,17,18,19). The van der Waals surface area contributed by atoms with Crippen molar-refractivity contribution in [1.29, 1.82) is 0 Å². The van der Waals surface area contributed by atoms with Gasteiger partial charge in [-0.1, -0.05) is 12.1 Å². The monoisotopic (exact) mass is 326 g/mol. The van der Waals surface area contributed by atoms with Gasteiger partial charge in [-0.2, -0.15) is 39.2 Å². The Hall–Kier alpha value is -1.36. The number of rotatable bonds is 3. The van der Waals surface area contributed by atoms with Gasteiger partial charge in [-0.15, -0.1) is 0 Å². The maximum absolute atomic E-state index is 13.3. The first-order chi connectivity index (χ1) is 8.71. The van der Waals surface area contributed by atoms with Gasteiger partial charge in [-0.25, -0.2) is 0 Å². The number of halogens is 7. The molecule has 0 saturated carbocycles. The highest BCUT2D eigenvalue weighted by Gasteiger charge is 2.66. The molecule has 1 N–H and O–H groups in total. The van der Waals surface area contributed by atoms with Crippen LogP contribution in [0.2, 0.25) is 0 Å². The van der Waals surface area contributed by atoms with E-state index in [-0.39, 0.29) is 24.3 Å². The van der Waals surface area contributed by atoms with Crippen molar-refractivity contribution in [3.63, 3.8) is 0 Å². The summed E-state index contributed by atoms with van der Waals surface area (Å²) in [5, 5.41) is -5.88. The molecule has 0 atom stereocenters. The topological polar surface area (TPSA) is 54.4 Å². The molecule has 0 spiro atoms. The van der Waals surface area contributed by atoms with Gasteiger partial charge in [-0.3, -0.25) is 4.55 Å². The van der Waals surface area contributed by atoms with E-state index in [1.165, 1.54) is 0 Å². The van der Waals surface area contributed by atoms with E-state index in [9.17, 15) is 39.2 Å². The van der Waals surface area contributed by atoms with Crippen LogP contribution >= 0.6 is 0 Å². The first-order valence-corrected chi connectivity index (χ1v) is 6.05. The van der Waals surface area contributed by atoms with Crippen molar-refractivity contribution < 1.29 is 43.7 Å². The summed E-state index contributed by atoms with van der Waals surface area (Å²) in [6.45, 7) is 0. The van der Waals surface area contributed by atoms with E-state index in [0.717, 1.165) is 0 Å². The summed E-state index contributed by atoms with van der Waals surface area (Å²) in [4.78, 5) is 0. The molecule has 1 rings (SSSR count). The van der Waals surface area contributed by atoms with Crippen LogP contribution in [0.4, 0.5) is 30.7 Å². The van der Waals surface area contributed by atoms with Gasteiger partial charge in [0, 0.05) is 5.56 Å². The lowest BCUT2D eigenvalue weighted by molar-refractivity contribution is -0.167. The fourth-order valence-corrected chi connectivity index (χ4v) is 1.64. The van der Waals surface area contributed by atoms with Gasteiger partial charge in [0.1, 0.15) is 0 Å². The average molecular weight is 326 g/mol. The van der Waals surface area contributed by atoms with Crippen LogP contribution in [0.5, 0.6) is 0 Å². The maximum Gasteiger partial charge on any atom is 0.436 e. The quantitative estimate of drug-likeness (QED) is 0.685. The Morgan fingerprint density at radius 1 is 0.800 bits per heavy atom. The molecule has 0 bridgehead atoms. The lowest BCUT2D eigenvalue weighted by Crippen LogP contribution is -2.44. The van der Waals surface area contributed by atoms with Crippen molar-refractivity contribution in [2.75, 3.05) is 0 Å². The Morgan fingerprint density at radius 3 is 1.45 bits per heavy atom. The molecule has 0 radical (unpaired) electrons. The van der Waals surface area contributed by atoms with Gasteiger partial charge < -0.3 is 0 Å². The van der Waals surface area contributed by atoms with Crippen molar-refractivity contribution in [1.82, 2.24) is 0 Å². The van der Waals surface area contributed by atoms with Gasteiger partial charge in [0.25, 0.3) is 0 Å². The number of hydrogen-bond donors (Lipinski definition) is 1. The largest absolute Gasteiger partial charge is 0.436 e. The van der Waals surface area contributed by atoms with Crippen molar-refractivity contribution in [3.8, 4) is 0 Å². The molecule has 114 valence electrons. The summed E-state index contributed by atoms with van der Waals surface area (Å²) < 4.78 is 117. The van der Waals surface area contributed by atoms with E-state index in [1.54, 1.807) is 0 Å². The molecular weight excluding hydrogens is 321 g/mol. The van der Waals surface area contributed by atoms with E-state index >= 15 is 0 Å². The molecule has 1 aromatic rings. The maximum atomic E-state index is 13.3. The molecule has 0 unspecified atom stereocenters. The second kappa shape index (κ2) is 4.58. The fraction of sp³-hybridized carbons (Fsp3) is 0.333. The van der Waals surface area contributed by atoms with Crippen molar-refractivity contribution in [2.45, 2.75) is 17.4 Å². The van der Waals surface area contributed by atoms with Crippen molar-refractivity contribution >= 4 is 10.1 Å². The first-order valence-electron chi connectivity index (χ1n) is 4.61. The predicted molar refractivity (Wildman–Crippen MR) is 51.8 cm³/mol. The Labute approximate surface area is 107 Å². The minimum atomic E-state index is -6.45.